The van der Waals surface area contributed by atoms with Gasteiger partial charge in [0.05, 0.1) is 16.7 Å². The first kappa shape index (κ1) is 36.3. The van der Waals surface area contributed by atoms with E-state index in [2.05, 4.69) is 173 Å². The fraction of sp³-hybridized carbons (Fsp3) is 0.0536. The molecule has 0 unspecified atom stereocenters. The first-order valence-electron chi connectivity index (χ1n) is 21.2. The molecule has 0 spiro atoms. The average Bonchev–Trinajstić information content (AvgIpc) is 4.06. The minimum Gasteiger partial charge on any atom is -0.353 e. The third-order valence-electron chi connectivity index (χ3n) is 13.1. The highest BCUT2D eigenvalue weighted by molar-refractivity contribution is 7.26. The van der Waals surface area contributed by atoms with E-state index in [-0.39, 0.29) is 10.7 Å². The third-order valence-corrected chi connectivity index (χ3v) is 14.5. The van der Waals surface area contributed by atoms with Gasteiger partial charge in [-0.1, -0.05) is 147 Å². The van der Waals surface area contributed by atoms with E-state index in [9.17, 15) is 0 Å². The number of hydrogen-bond donors (Lipinski definition) is 1. The number of H-pyrrole nitrogens is 1. The lowest BCUT2D eigenvalue weighted by Crippen LogP contribution is -2.14. The Hall–Kier alpha value is -7.38. The van der Waals surface area contributed by atoms with Gasteiger partial charge in [0.1, 0.15) is 0 Å². The molecule has 0 amide bonds. The average molecular weight is 846 g/mol. The number of nitrogens with zero attached hydrogens (tertiary/aromatic N) is 4. The molecule has 5 nitrogen and oxygen atoms in total. The van der Waals surface area contributed by atoms with Gasteiger partial charge in [0.15, 0.2) is 11.6 Å². The van der Waals surface area contributed by atoms with Gasteiger partial charge >= 0.3 is 0 Å². The summed E-state index contributed by atoms with van der Waals surface area (Å²) in [6, 6.07) is 63.1. The fourth-order valence-electron chi connectivity index (χ4n) is 10.2. The molecule has 0 atom stereocenters. The molecule has 1 N–H and O–H groups in total. The number of hydrogen-bond acceptors (Lipinski definition) is 4. The van der Waals surface area contributed by atoms with E-state index in [1.807, 2.05) is 47.7 Å². The van der Waals surface area contributed by atoms with Gasteiger partial charge in [-0.3, -0.25) is 0 Å². The van der Waals surface area contributed by atoms with E-state index >= 15 is 0 Å². The summed E-state index contributed by atoms with van der Waals surface area (Å²) in [7, 11) is 0. The van der Waals surface area contributed by atoms with Crippen molar-refractivity contribution in [3.05, 3.63) is 192 Å². The Bertz CT molecular complexity index is 3840. The van der Waals surface area contributed by atoms with Crippen LogP contribution in [0.1, 0.15) is 25.0 Å². The molecule has 0 saturated carbocycles. The van der Waals surface area contributed by atoms with Crippen molar-refractivity contribution in [2.45, 2.75) is 19.3 Å². The van der Waals surface area contributed by atoms with Crippen LogP contribution in [0.5, 0.6) is 0 Å². The highest BCUT2D eigenvalue weighted by Crippen LogP contribution is 2.55. The maximum absolute atomic E-state index is 6.44. The lowest BCUT2D eigenvalue weighted by Gasteiger charge is -2.21. The summed E-state index contributed by atoms with van der Waals surface area (Å²) < 4.78 is 5.04. The minimum absolute atomic E-state index is 0.137. The zero-order chi connectivity index (χ0) is 42.0. The molecule has 63 heavy (non-hydrogen) atoms. The number of aromatic nitrogens is 5. The highest BCUT2D eigenvalue weighted by Gasteiger charge is 2.41. The van der Waals surface area contributed by atoms with Crippen LogP contribution in [0.4, 0.5) is 0 Å². The number of para-hydroxylation sites is 1. The molecule has 0 fully saturated rings. The quantitative estimate of drug-likeness (QED) is 0.188. The second-order valence-electron chi connectivity index (χ2n) is 17.0. The third kappa shape index (κ3) is 5.45. The Balaban J connectivity index is 0.927. The van der Waals surface area contributed by atoms with Gasteiger partial charge in [-0.15, -0.1) is 11.3 Å². The maximum Gasteiger partial charge on any atom is 0.226 e. The van der Waals surface area contributed by atoms with Crippen LogP contribution >= 0.6 is 22.9 Å². The summed E-state index contributed by atoms with van der Waals surface area (Å²) in [5.41, 5.74) is 16.3. The predicted octanol–water partition coefficient (Wildman–Crippen LogP) is 15.4. The van der Waals surface area contributed by atoms with Crippen LogP contribution in [0.25, 0.3) is 115 Å². The van der Waals surface area contributed by atoms with Crippen LogP contribution < -0.4 is 0 Å². The van der Waals surface area contributed by atoms with Crippen molar-refractivity contribution in [2.24, 2.45) is 0 Å². The Morgan fingerprint density at radius 1 is 0.524 bits per heavy atom. The van der Waals surface area contributed by atoms with Crippen molar-refractivity contribution in [3.63, 3.8) is 0 Å². The summed E-state index contributed by atoms with van der Waals surface area (Å²) >= 11 is 8.30. The summed E-state index contributed by atoms with van der Waals surface area (Å²) in [5.74, 6) is 1.10. The molecule has 0 bridgehead atoms. The fourth-order valence-corrected chi connectivity index (χ4v) is 11.6. The Morgan fingerprint density at radius 2 is 1.19 bits per heavy atom. The first-order chi connectivity index (χ1) is 30.9. The molecule has 1 aliphatic rings. The number of aromatic amines is 1. The summed E-state index contributed by atoms with van der Waals surface area (Å²) in [6.07, 6.45) is 0. The van der Waals surface area contributed by atoms with E-state index in [1.165, 1.54) is 81.0 Å². The van der Waals surface area contributed by atoms with Crippen LogP contribution in [0.15, 0.2) is 176 Å². The molecule has 298 valence electrons. The van der Waals surface area contributed by atoms with Crippen molar-refractivity contribution in [1.29, 1.82) is 0 Å². The molecule has 1 aliphatic carbocycles. The van der Waals surface area contributed by atoms with Gasteiger partial charge in [-0.05, 0) is 87.4 Å². The van der Waals surface area contributed by atoms with Crippen molar-refractivity contribution >= 4 is 75.8 Å². The van der Waals surface area contributed by atoms with Crippen molar-refractivity contribution in [1.82, 2.24) is 24.5 Å². The number of nitrogens with one attached hydrogen (secondary N) is 1. The number of benzene rings is 8. The predicted molar refractivity (Wildman–Crippen MR) is 263 cm³/mol. The lowest BCUT2D eigenvalue weighted by atomic mass is 9.81. The molecular formula is C56H36ClN5S. The van der Waals surface area contributed by atoms with Crippen molar-refractivity contribution in [3.8, 4) is 62.0 Å². The van der Waals surface area contributed by atoms with E-state index in [0.717, 1.165) is 33.3 Å². The summed E-state index contributed by atoms with van der Waals surface area (Å²) in [5, 5.41) is 6.41. The van der Waals surface area contributed by atoms with Gasteiger partial charge in [0.25, 0.3) is 0 Å². The van der Waals surface area contributed by atoms with Crippen LogP contribution in [-0.4, -0.2) is 24.5 Å². The number of rotatable bonds is 5. The van der Waals surface area contributed by atoms with Gasteiger partial charge in [0.2, 0.25) is 5.28 Å². The van der Waals surface area contributed by atoms with Gasteiger partial charge in [-0.25, -0.2) is 4.98 Å². The van der Waals surface area contributed by atoms with Crippen LogP contribution in [0.3, 0.4) is 0 Å². The maximum atomic E-state index is 6.44. The molecule has 0 saturated heterocycles. The molecule has 0 aliphatic heterocycles. The van der Waals surface area contributed by atoms with Gasteiger partial charge in [-0.2, -0.15) is 9.97 Å². The second-order valence-corrected chi connectivity index (χ2v) is 18.4. The first-order valence-corrected chi connectivity index (χ1v) is 22.4. The summed E-state index contributed by atoms with van der Waals surface area (Å²) in [4.78, 5) is 17.6. The van der Waals surface area contributed by atoms with Crippen LogP contribution in [0, 0.1) is 0 Å². The zero-order valence-corrected chi connectivity index (χ0v) is 35.9. The second kappa shape index (κ2) is 13.6. The Morgan fingerprint density at radius 3 is 2.05 bits per heavy atom. The van der Waals surface area contributed by atoms with Gasteiger partial charge < -0.3 is 9.55 Å². The molecule has 13 rings (SSSR count). The normalized spacial score (nSPS) is 13.1. The highest BCUT2D eigenvalue weighted by atomic mass is 35.5. The number of halogens is 1. The molecule has 8 aromatic carbocycles. The van der Waals surface area contributed by atoms with Crippen LogP contribution in [-0.2, 0) is 5.41 Å². The molecule has 7 heteroatoms. The van der Waals surface area contributed by atoms with E-state index < -0.39 is 0 Å². The Labute approximate surface area is 372 Å². The molecule has 4 aromatic heterocycles. The van der Waals surface area contributed by atoms with Crippen molar-refractivity contribution < 1.29 is 0 Å². The van der Waals surface area contributed by atoms with Crippen LogP contribution in [0.2, 0.25) is 5.28 Å². The van der Waals surface area contributed by atoms with E-state index in [1.54, 1.807) is 0 Å². The summed E-state index contributed by atoms with van der Waals surface area (Å²) in [6.45, 7) is 4.75. The molecular weight excluding hydrogens is 810 g/mol. The Kier molecular flexibility index (Phi) is 7.81. The zero-order valence-electron chi connectivity index (χ0n) is 34.3. The van der Waals surface area contributed by atoms with Crippen molar-refractivity contribution in [2.75, 3.05) is 0 Å². The number of fused-ring (bicyclic) bond motifs is 12. The monoisotopic (exact) mass is 845 g/mol. The standard InChI is InChI=1S/C56H36ClN5S/c1-56(2)45-22-10-9-19-41(45)50-48(56)42-26-25-39-43-31-35(23-27-46(43)58-49(39)51(42)62(50)37-17-7-4-8-18-37)38-20-12-21-40-44-30-34(24-28-47(44)63-52(38)40)33-15-11-16-36(29-33)54-59-53(60-55(57)61-54)32-13-5-3-6-14-32/h3-31,58H,1-2H3. The molecule has 4 heterocycles. The van der Waals surface area contributed by atoms with Gasteiger partial charge in [0, 0.05) is 69.6 Å². The largest absolute Gasteiger partial charge is 0.353 e. The number of thiophene rings is 1. The topological polar surface area (TPSA) is 59.4 Å². The molecule has 0 radical (unpaired) electrons. The van der Waals surface area contributed by atoms with E-state index in [4.69, 9.17) is 16.6 Å². The SMILES string of the molecule is CC1(C)c2ccccc2-c2c1c1ccc3c4cc(-c5cccc6c5sc5ccc(-c7cccc(-c8nc(Cl)nc(-c9ccccc9)n8)c7)cc56)ccc4[nH]c3c1n2-c1ccccc1. The lowest BCUT2D eigenvalue weighted by molar-refractivity contribution is 0.666. The molecule has 12 aromatic rings. The smallest absolute Gasteiger partial charge is 0.226 e. The minimum atomic E-state index is -0.137. The van der Waals surface area contributed by atoms with E-state index in [0.29, 0.717) is 11.6 Å².